The van der Waals surface area contributed by atoms with Crippen LogP contribution in [0.25, 0.3) is 0 Å². The average Bonchev–Trinajstić information content (AvgIpc) is 2.78. The number of hydrogen-bond acceptors (Lipinski definition) is 4. The van der Waals surface area contributed by atoms with Gasteiger partial charge < -0.3 is 9.88 Å². The standard InChI is InChI=1S/C16H15Cl2F3N4O3S/c1-15(6-16(20,21)7-15)24-29(27,28)9-5-25(2)13(12(9)19)14(26)22-8-3-10(17)23-11(18)4-8/h3-5,24H,6-7H2,1-2H3,(H,22,23,26). The molecule has 2 aromatic rings. The Bertz CT molecular complexity index is 1080. The third-order valence-electron chi connectivity index (χ3n) is 4.29. The monoisotopic (exact) mass is 470 g/mol. The smallest absolute Gasteiger partial charge is 0.275 e. The molecule has 7 nitrogen and oxygen atoms in total. The Labute approximate surface area is 174 Å². The van der Waals surface area contributed by atoms with Crippen molar-refractivity contribution in [1.29, 1.82) is 0 Å². The first-order valence-electron chi connectivity index (χ1n) is 8.12. The summed E-state index contributed by atoms with van der Waals surface area (Å²) in [6, 6.07) is 2.53. The minimum Gasteiger partial charge on any atom is -0.343 e. The Balaban J connectivity index is 1.87. The number of alkyl halides is 2. The molecule has 0 aromatic carbocycles. The van der Waals surface area contributed by atoms with Gasteiger partial charge in [-0.1, -0.05) is 23.2 Å². The molecule has 3 rings (SSSR count). The molecule has 29 heavy (non-hydrogen) atoms. The first-order valence-corrected chi connectivity index (χ1v) is 10.4. The number of carbonyl (C=O) groups excluding carboxylic acids is 1. The molecule has 1 saturated carbocycles. The molecule has 0 saturated heterocycles. The highest BCUT2D eigenvalue weighted by molar-refractivity contribution is 7.89. The minimum absolute atomic E-state index is 0.0156. The lowest BCUT2D eigenvalue weighted by Crippen LogP contribution is -2.60. The van der Waals surface area contributed by atoms with E-state index in [9.17, 15) is 26.4 Å². The largest absolute Gasteiger partial charge is 0.343 e. The van der Waals surface area contributed by atoms with Crippen LogP contribution >= 0.6 is 23.2 Å². The summed E-state index contributed by atoms with van der Waals surface area (Å²) >= 11 is 11.5. The Morgan fingerprint density at radius 2 is 1.79 bits per heavy atom. The van der Waals surface area contributed by atoms with Gasteiger partial charge in [-0.15, -0.1) is 0 Å². The third kappa shape index (κ3) is 4.52. The Morgan fingerprint density at radius 1 is 1.24 bits per heavy atom. The van der Waals surface area contributed by atoms with E-state index in [1.165, 1.54) is 26.1 Å². The highest BCUT2D eigenvalue weighted by Gasteiger charge is 2.55. The molecule has 2 heterocycles. The Kier molecular flexibility index (Phi) is 5.39. The van der Waals surface area contributed by atoms with Crippen LogP contribution in [0.2, 0.25) is 10.3 Å². The summed E-state index contributed by atoms with van der Waals surface area (Å²) in [4.78, 5) is 15.3. The lowest BCUT2D eigenvalue weighted by Gasteiger charge is -2.44. The number of hydrogen-bond donors (Lipinski definition) is 2. The fourth-order valence-corrected chi connectivity index (χ4v) is 5.28. The van der Waals surface area contributed by atoms with Crippen LogP contribution in [0, 0.1) is 5.82 Å². The van der Waals surface area contributed by atoms with Crippen molar-refractivity contribution < 1.29 is 26.4 Å². The van der Waals surface area contributed by atoms with Gasteiger partial charge in [-0.2, -0.15) is 0 Å². The van der Waals surface area contributed by atoms with E-state index >= 15 is 0 Å². The van der Waals surface area contributed by atoms with Gasteiger partial charge in [0.15, 0.2) is 5.82 Å². The molecular weight excluding hydrogens is 456 g/mol. The zero-order chi connectivity index (χ0) is 21.8. The van der Waals surface area contributed by atoms with Gasteiger partial charge in [0, 0.05) is 37.3 Å². The molecule has 2 aromatic heterocycles. The second kappa shape index (κ2) is 7.15. The second-order valence-corrected chi connectivity index (χ2v) is 9.52. The van der Waals surface area contributed by atoms with Gasteiger partial charge in [-0.3, -0.25) is 4.79 Å². The molecule has 158 valence electrons. The number of halogens is 5. The van der Waals surface area contributed by atoms with Gasteiger partial charge in [0.2, 0.25) is 10.0 Å². The van der Waals surface area contributed by atoms with Crippen LogP contribution in [0.5, 0.6) is 0 Å². The predicted molar refractivity (Wildman–Crippen MR) is 100 cm³/mol. The van der Waals surface area contributed by atoms with E-state index < -0.39 is 56.6 Å². The number of anilines is 1. The van der Waals surface area contributed by atoms with Crippen LogP contribution in [0.4, 0.5) is 18.9 Å². The van der Waals surface area contributed by atoms with Crippen molar-refractivity contribution in [3.8, 4) is 0 Å². The van der Waals surface area contributed by atoms with Gasteiger partial charge in [0.05, 0.1) is 0 Å². The average molecular weight is 471 g/mol. The second-order valence-electron chi connectivity index (χ2n) is 7.10. The lowest BCUT2D eigenvalue weighted by atomic mass is 9.76. The van der Waals surface area contributed by atoms with Crippen molar-refractivity contribution in [2.24, 2.45) is 7.05 Å². The number of aryl methyl sites for hydroxylation is 1. The van der Waals surface area contributed by atoms with Crippen molar-refractivity contribution in [2.45, 2.75) is 36.1 Å². The number of pyridine rings is 1. The van der Waals surface area contributed by atoms with Crippen LogP contribution in [0.15, 0.2) is 23.2 Å². The molecule has 0 atom stereocenters. The van der Waals surface area contributed by atoms with E-state index in [4.69, 9.17) is 23.2 Å². The van der Waals surface area contributed by atoms with E-state index in [1.54, 1.807) is 0 Å². The summed E-state index contributed by atoms with van der Waals surface area (Å²) in [5, 5.41) is 2.31. The van der Waals surface area contributed by atoms with E-state index in [-0.39, 0.29) is 16.0 Å². The highest BCUT2D eigenvalue weighted by atomic mass is 35.5. The molecular formula is C16H15Cl2F3N4O3S. The quantitative estimate of drug-likeness (QED) is 0.653. The summed E-state index contributed by atoms with van der Waals surface area (Å²) in [6.07, 6.45) is -0.519. The lowest BCUT2D eigenvalue weighted by molar-refractivity contribution is -0.121. The van der Waals surface area contributed by atoms with Gasteiger partial charge >= 0.3 is 0 Å². The van der Waals surface area contributed by atoms with Crippen molar-refractivity contribution in [3.05, 3.63) is 40.1 Å². The van der Waals surface area contributed by atoms with Crippen molar-refractivity contribution in [1.82, 2.24) is 14.3 Å². The fraction of sp³-hybridized carbons (Fsp3) is 0.375. The zero-order valence-electron chi connectivity index (χ0n) is 15.1. The molecule has 1 fully saturated rings. The molecule has 1 aliphatic rings. The summed E-state index contributed by atoms with van der Waals surface area (Å²) in [5.74, 6) is -5.27. The highest BCUT2D eigenvalue weighted by Crippen LogP contribution is 2.46. The molecule has 13 heteroatoms. The summed E-state index contributed by atoms with van der Waals surface area (Å²) in [7, 11) is -3.23. The van der Waals surface area contributed by atoms with Gasteiger partial charge in [0.25, 0.3) is 11.8 Å². The SMILES string of the molecule is Cn1cc(S(=O)(=O)NC2(C)CC(F)(F)C2)c(F)c1C(=O)Nc1cc(Cl)nc(Cl)c1. The zero-order valence-corrected chi connectivity index (χ0v) is 17.4. The summed E-state index contributed by atoms with van der Waals surface area (Å²) < 4.78 is 69.2. The minimum atomic E-state index is -4.49. The maximum absolute atomic E-state index is 14.8. The maximum atomic E-state index is 14.8. The number of carbonyl (C=O) groups is 1. The topological polar surface area (TPSA) is 93.1 Å². The number of amides is 1. The van der Waals surface area contributed by atoms with Crippen LogP contribution in [0.3, 0.4) is 0 Å². The van der Waals surface area contributed by atoms with Crippen LogP contribution < -0.4 is 10.0 Å². The third-order valence-corrected chi connectivity index (χ3v) is 6.30. The molecule has 1 amide bonds. The maximum Gasteiger partial charge on any atom is 0.275 e. The number of nitrogens with one attached hydrogen (secondary N) is 2. The van der Waals surface area contributed by atoms with E-state index in [2.05, 4.69) is 15.0 Å². The van der Waals surface area contributed by atoms with Crippen molar-refractivity contribution in [2.75, 3.05) is 5.32 Å². The first kappa shape index (κ1) is 21.9. The Morgan fingerprint density at radius 3 is 2.31 bits per heavy atom. The molecule has 0 radical (unpaired) electrons. The van der Waals surface area contributed by atoms with Crippen molar-refractivity contribution in [3.63, 3.8) is 0 Å². The summed E-state index contributed by atoms with van der Waals surface area (Å²) in [6.45, 7) is 1.30. The predicted octanol–water partition coefficient (Wildman–Crippen LogP) is 3.58. The van der Waals surface area contributed by atoms with Crippen LogP contribution in [0.1, 0.15) is 30.3 Å². The number of nitrogens with zero attached hydrogens (tertiary/aromatic N) is 2. The molecule has 1 aliphatic carbocycles. The fourth-order valence-electron chi connectivity index (χ4n) is 3.28. The van der Waals surface area contributed by atoms with Crippen molar-refractivity contribution >= 4 is 44.8 Å². The van der Waals surface area contributed by atoms with E-state index in [0.29, 0.717) is 0 Å². The number of rotatable bonds is 5. The van der Waals surface area contributed by atoms with Gasteiger partial charge in [-0.05, 0) is 19.1 Å². The molecule has 0 unspecified atom stereocenters. The molecule has 0 spiro atoms. The van der Waals surface area contributed by atoms with Gasteiger partial charge in [-0.25, -0.2) is 31.3 Å². The summed E-state index contributed by atoms with van der Waals surface area (Å²) in [5.41, 5.74) is -1.87. The van der Waals surface area contributed by atoms with Crippen LogP contribution in [-0.2, 0) is 17.1 Å². The molecule has 0 aliphatic heterocycles. The molecule has 0 bridgehead atoms. The number of aromatic nitrogens is 2. The Hall–Kier alpha value is -1.82. The van der Waals surface area contributed by atoms with Crippen LogP contribution in [-0.4, -0.2) is 35.3 Å². The van der Waals surface area contributed by atoms with E-state index in [1.807, 2.05) is 0 Å². The van der Waals surface area contributed by atoms with Gasteiger partial charge in [0.1, 0.15) is 20.9 Å². The molecule has 2 N–H and O–H groups in total. The normalized spacial score (nSPS) is 17.6. The number of sulfonamides is 1. The first-order chi connectivity index (χ1) is 13.2. The van der Waals surface area contributed by atoms with E-state index in [0.717, 1.165) is 10.8 Å².